The number of hydrogen-bond acceptors (Lipinski definition) is 7. The minimum absolute atomic E-state index is 0.0460. The van der Waals surface area contributed by atoms with Crippen LogP contribution in [0.4, 0.5) is 10.8 Å². The molecular formula is C17H12ClN5O3S2. The maximum Gasteiger partial charge on any atom is 0.291 e. The monoisotopic (exact) mass is 433 g/mol. The van der Waals surface area contributed by atoms with E-state index in [1.807, 2.05) is 6.07 Å². The second-order valence-corrected chi connectivity index (χ2v) is 8.74. The number of nitrogens with zero attached hydrogens (tertiary/aromatic N) is 3. The van der Waals surface area contributed by atoms with E-state index in [0.717, 1.165) is 16.9 Å². The van der Waals surface area contributed by atoms with Crippen LogP contribution in [0.5, 0.6) is 0 Å². The van der Waals surface area contributed by atoms with E-state index in [-0.39, 0.29) is 15.9 Å². The van der Waals surface area contributed by atoms with Crippen molar-refractivity contribution in [1.82, 2.24) is 10.2 Å². The molecular weight excluding hydrogens is 422 g/mol. The number of carbonyl (C=O) groups excluding carboxylic acids is 1. The highest BCUT2D eigenvalue weighted by Gasteiger charge is 2.21. The average molecular weight is 434 g/mol. The van der Waals surface area contributed by atoms with Crippen LogP contribution < -0.4 is 10.0 Å². The lowest BCUT2D eigenvalue weighted by molar-refractivity contribution is 0.102. The normalized spacial score (nSPS) is 10.9. The van der Waals surface area contributed by atoms with Crippen molar-refractivity contribution in [3.05, 3.63) is 64.7 Å². The number of nitriles is 1. The summed E-state index contributed by atoms with van der Waals surface area (Å²) in [6.45, 7) is 0. The van der Waals surface area contributed by atoms with Crippen LogP contribution in [-0.2, 0) is 16.4 Å². The average Bonchev–Trinajstić information content (AvgIpc) is 3.13. The third-order valence-corrected chi connectivity index (χ3v) is 6.29. The molecule has 0 saturated heterocycles. The summed E-state index contributed by atoms with van der Waals surface area (Å²) in [6, 6.07) is 14.6. The lowest BCUT2D eigenvalue weighted by Crippen LogP contribution is -2.12. The van der Waals surface area contributed by atoms with E-state index in [4.69, 9.17) is 16.9 Å². The van der Waals surface area contributed by atoms with Crippen LogP contribution in [0, 0.1) is 11.3 Å². The molecule has 0 aliphatic rings. The summed E-state index contributed by atoms with van der Waals surface area (Å²) in [5.74, 6) is -0.460. The predicted molar refractivity (Wildman–Crippen MR) is 106 cm³/mol. The van der Waals surface area contributed by atoms with Crippen molar-refractivity contribution in [3.63, 3.8) is 0 Å². The third kappa shape index (κ3) is 4.83. The number of benzene rings is 2. The van der Waals surface area contributed by atoms with Crippen molar-refractivity contribution in [2.24, 2.45) is 0 Å². The maximum absolute atomic E-state index is 12.4. The van der Waals surface area contributed by atoms with Crippen molar-refractivity contribution in [1.29, 1.82) is 5.26 Å². The van der Waals surface area contributed by atoms with Crippen LogP contribution in [0.15, 0.2) is 52.9 Å². The van der Waals surface area contributed by atoms with Gasteiger partial charge >= 0.3 is 0 Å². The molecule has 0 atom stereocenters. The highest BCUT2D eigenvalue weighted by atomic mass is 35.5. The summed E-state index contributed by atoms with van der Waals surface area (Å²) in [7, 11) is -3.96. The molecule has 1 aromatic heterocycles. The Kier molecular flexibility index (Phi) is 5.89. The molecule has 0 bridgehead atoms. The molecule has 0 fully saturated rings. The number of halogens is 1. The second kappa shape index (κ2) is 8.35. The third-order valence-electron chi connectivity index (χ3n) is 3.45. The SMILES string of the molecule is N#CCc1ccc(NS(=O)(=O)c2nnc(NC(=O)c3ccc(Cl)cc3)s2)cc1. The summed E-state index contributed by atoms with van der Waals surface area (Å²) >= 11 is 6.50. The van der Waals surface area contributed by atoms with E-state index < -0.39 is 15.9 Å². The fraction of sp³-hybridized carbons (Fsp3) is 0.0588. The predicted octanol–water partition coefficient (Wildman–Crippen LogP) is 3.31. The van der Waals surface area contributed by atoms with Crippen molar-refractivity contribution in [2.45, 2.75) is 10.8 Å². The van der Waals surface area contributed by atoms with Crippen LogP contribution in [-0.4, -0.2) is 24.5 Å². The van der Waals surface area contributed by atoms with Crippen LogP contribution in [0.25, 0.3) is 0 Å². The Morgan fingerprint density at radius 2 is 1.79 bits per heavy atom. The Balaban J connectivity index is 1.70. The molecule has 28 heavy (non-hydrogen) atoms. The zero-order valence-corrected chi connectivity index (χ0v) is 16.5. The fourth-order valence-electron chi connectivity index (χ4n) is 2.12. The van der Waals surface area contributed by atoms with E-state index in [2.05, 4.69) is 20.2 Å². The first kappa shape index (κ1) is 19.8. The lowest BCUT2D eigenvalue weighted by atomic mass is 10.1. The molecule has 142 valence electrons. The number of anilines is 2. The smallest absolute Gasteiger partial charge is 0.291 e. The number of aromatic nitrogens is 2. The van der Waals surface area contributed by atoms with E-state index in [0.29, 0.717) is 16.3 Å². The molecule has 3 rings (SSSR count). The van der Waals surface area contributed by atoms with Crippen molar-refractivity contribution in [3.8, 4) is 6.07 Å². The summed E-state index contributed by atoms with van der Waals surface area (Å²) in [6.07, 6.45) is 0.236. The summed E-state index contributed by atoms with van der Waals surface area (Å²) in [5.41, 5.74) is 1.44. The minimum atomic E-state index is -3.96. The molecule has 0 saturated carbocycles. The van der Waals surface area contributed by atoms with Gasteiger partial charge in [-0.3, -0.25) is 14.8 Å². The lowest BCUT2D eigenvalue weighted by Gasteiger charge is -2.05. The van der Waals surface area contributed by atoms with Crippen LogP contribution in [0.3, 0.4) is 0 Å². The first-order valence-electron chi connectivity index (χ1n) is 7.76. The van der Waals surface area contributed by atoms with Gasteiger partial charge in [-0.2, -0.15) is 13.7 Å². The number of carbonyl (C=O) groups is 1. The molecule has 11 heteroatoms. The van der Waals surface area contributed by atoms with Crippen molar-refractivity contribution in [2.75, 3.05) is 10.0 Å². The van der Waals surface area contributed by atoms with Gasteiger partial charge in [-0.15, -0.1) is 10.2 Å². The van der Waals surface area contributed by atoms with E-state index >= 15 is 0 Å². The van der Waals surface area contributed by atoms with Gasteiger partial charge in [0.1, 0.15) is 0 Å². The molecule has 1 heterocycles. The van der Waals surface area contributed by atoms with Gasteiger partial charge in [0.2, 0.25) is 5.13 Å². The molecule has 3 aromatic rings. The van der Waals surface area contributed by atoms with Crippen molar-refractivity contribution < 1.29 is 13.2 Å². The Labute approximate surface area is 169 Å². The molecule has 2 N–H and O–H groups in total. The summed E-state index contributed by atoms with van der Waals surface area (Å²) in [5, 5.41) is 19.0. The molecule has 2 aromatic carbocycles. The Hall–Kier alpha value is -3.00. The van der Waals surface area contributed by atoms with Crippen molar-refractivity contribution >= 4 is 49.7 Å². The Bertz CT molecular complexity index is 1140. The Morgan fingerprint density at radius 1 is 1.11 bits per heavy atom. The van der Waals surface area contributed by atoms with Gasteiger partial charge < -0.3 is 0 Å². The van der Waals surface area contributed by atoms with E-state index in [1.165, 1.54) is 12.1 Å². The molecule has 0 unspecified atom stereocenters. The minimum Gasteiger partial charge on any atom is -0.296 e. The molecule has 0 aliphatic heterocycles. The number of rotatable bonds is 6. The zero-order valence-electron chi connectivity index (χ0n) is 14.1. The number of sulfonamides is 1. The highest BCUT2D eigenvalue weighted by Crippen LogP contribution is 2.23. The largest absolute Gasteiger partial charge is 0.296 e. The van der Waals surface area contributed by atoms with E-state index in [9.17, 15) is 13.2 Å². The summed E-state index contributed by atoms with van der Waals surface area (Å²) < 4.78 is 27.0. The van der Waals surface area contributed by atoms with Gasteiger partial charge in [-0.25, -0.2) is 0 Å². The fourth-order valence-corrected chi connectivity index (χ4v) is 4.20. The quantitative estimate of drug-likeness (QED) is 0.574. The summed E-state index contributed by atoms with van der Waals surface area (Å²) in [4.78, 5) is 12.2. The Morgan fingerprint density at radius 3 is 2.43 bits per heavy atom. The van der Waals surface area contributed by atoms with Gasteiger partial charge in [-0.05, 0) is 42.0 Å². The number of amides is 1. The second-order valence-electron chi connectivity index (χ2n) is 5.47. The van der Waals surface area contributed by atoms with Gasteiger partial charge in [0.05, 0.1) is 12.5 Å². The van der Waals surface area contributed by atoms with Gasteiger partial charge in [-0.1, -0.05) is 35.1 Å². The molecule has 0 aliphatic carbocycles. The van der Waals surface area contributed by atoms with Gasteiger partial charge in [0, 0.05) is 16.3 Å². The standard InChI is InChI=1S/C17H12ClN5O3S2/c18-13-5-3-12(4-6-13)15(24)20-16-21-22-17(27-16)28(25,26)23-14-7-1-11(2-8-14)9-10-19/h1-8,23H,9H2,(H,20,21,24). The van der Waals surface area contributed by atoms with Gasteiger partial charge in [0.25, 0.3) is 20.3 Å². The number of nitrogens with one attached hydrogen (secondary N) is 2. The molecule has 1 amide bonds. The van der Waals surface area contributed by atoms with E-state index in [1.54, 1.807) is 36.4 Å². The van der Waals surface area contributed by atoms with Gasteiger partial charge in [0.15, 0.2) is 0 Å². The maximum atomic E-state index is 12.4. The van der Waals surface area contributed by atoms with Crippen LogP contribution in [0.2, 0.25) is 5.02 Å². The van der Waals surface area contributed by atoms with Crippen LogP contribution in [0.1, 0.15) is 15.9 Å². The zero-order chi connectivity index (χ0) is 20.1. The first-order chi connectivity index (χ1) is 13.4. The van der Waals surface area contributed by atoms with Crippen LogP contribution >= 0.6 is 22.9 Å². The molecule has 0 radical (unpaired) electrons. The topological polar surface area (TPSA) is 125 Å². The highest BCUT2D eigenvalue weighted by molar-refractivity contribution is 7.94. The first-order valence-corrected chi connectivity index (χ1v) is 10.4. The number of hydrogen-bond donors (Lipinski definition) is 2. The molecule has 0 spiro atoms. The molecule has 8 nitrogen and oxygen atoms in total.